The zero-order valence-electron chi connectivity index (χ0n) is 12.2. The second-order valence-corrected chi connectivity index (χ2v) is 4.72. The van der Waals surface area contributed by atoms with E-state index in [9.17, 15) is 14.7 Å². The molecule has 0 bridgehead atoms. The average molecular weight is 299 g/mol. The number of hydrogen-bond acceptors (Lipinski definition) is 3. The first-order valence-corrected chi connectivity index (χ1v) is 6.83. The van der Waals surface area contributed by atoms with Gasteiger partial charge in [0.2, 0.25) is 0 Å². The number of rotatable bonds is 6. The van der Waals surface area contributed by atoms with E-state index in [-0.39, 0.29) is 11.5 Å². The monoisotopic (exact) mass is 299 g/mol. The Morgan fingerprint density at radius 1 is 1.05 bits per heavy atom. The summed E-state index contributed by atoms with van der Waals surface area (Å²) in [5.74, 6) is -1.39. The molecule has 0 saturated heterocycles. The van der Waals surface area contributed by atoms with Crippen LogP contribution < -0.4 is 5.32 Å². The molecule has 0 saturated carbocycles. The van der Waals surface area contributed by atoms with Gasteiger partial charge in [0.25, 0.3) is 5.91 Å². The molecule has 0 fully saturated rings. The molecule has 0 aliphatic rings. The molecule has 0 aliphatic carbocycles. The topological polar surface area (TPSA) is 75.6 Å². The summed E-state index contributed by atoms with van der Waals surface area (Å²) in [5, 5.41) is 11.9. The predicted octanol–water partition coefficient (Wildman–Crippen LogP) is 2.43. The van der Waals surface area contributed by atoms with Gasteiger partial charge in [-0.1, -0.05) is 30.3 Å². The van der Waals surface area contributed by atoms with Crippen molar-refractivity contribution in [3.05, 3.63) is 59.7 Å². The van der Waals surface area contributed by atoms with Crippen molar-refractivity contribution in [1.29, 1.82) is 0 Å². The number of hydrogen-bond donors (Lipinski definition) is 2. The average Bonchev–Trinajstić information content (AvgIpc) is 2.55. The zero-order chi connectivity index (χ0) is 15.9. The fourth-order valence-corrected chi connectivity index (χ4v) is 2.05. The number of ether oxygens (including phenoxy) is 1. The minimum Gasteiger partial charge on any atom is -0.478 e. The third kappa shape index (κ3) is 3.93. The molecule has 2 N–H and O–H groups in total. The van der Waals surface area contributed by atoms with Crippen molar-refractivity contribution in [2.45, 2.75) is 0 Å². The van der Waals surface area contributed by atoms with Gasteiger partial charge in [0.15, 0.2) is 0 Å². The third-order valence-electron chi connectivity index (χ3n) is 3.14. The number of aromatic carboxylic acids is 1. The molecule has 0 heterocycles. The van der Waals surface area contributed by atoms with Gasteiger partial charge in [0.05, 0.1) is 12.2 Å². The van der Waals surface area contributed by atoms with Gasteiger partial charge >= 0.3 is 5.97 Å². The molecule has 0 spiro atoms. The lowest BCUT2D eigenvalue weighted by Gasteiger charge is -2.09. The fraction of sp³-hybridized carbons (Fsp3) is 0.176. The van der Waals surface area contributed by atoms with Gasteiger partial charge in [-0.2, -0.15) is 0 Å². The zero-order valence-corrected chi connectivity index (χ0v) is 12.2. The van der Waals surface area contributed by atoms with Crippen molar-refractivity contribution in [3.8, 4) is 11.1 Å². The first kappa shape index (κ1) is 15.7. The maximum Gasteiger partial charge on any atom is 0.335 e. The van der Waals surface area contributed by atoms with Crippen molar-refractivity contribution in [3.63, 3.8) is 0 Å². The van der Waals surface area contributed by atoms with Crippen molar-refractivity contribution in [2.24, 2.45) is 0 Å². The summed E-state index contributed by atoms with van der Waals surface area (Å²) in [6, 6.07) is 14.0. The number of amides is 1. The molecule has 0 atom stereocenters. The van der Waals surface area contributed by atoms with E-state index in [1.54, 1.807) is 19.2 Å². The Hall–Kier alpha value is -2.66. The van der Waals surface area contributed by atoms with Crippen molar-refractivity contribution >= 4 is 11.9 Å². The molecule has 114 valence electrons. The van der Waals surface area contributed by atoms with E-state index in [0.29, 0.717) is 24.3 Å². The van der Waals surface area contributed by atoms with Crippen LogP contribution in [0.2, 0.25) is 0 Å². The van der Waals surface area contributed by atoms with Gasteiger partial charge in [0, 0.05) is 19.2 Å². The highest BCUT2D eigenvalue weighted by molar-refractivity contribution is 5.99. The first-order valence-electron chi connectivity index (χ1n) is 6.83. The highest BCUT2D eigenvalue weighted by atomic mass is 16.5. The lowest BCUT2D eigenvalue weighted by molar-refractivity contribution is 0.0697. The first-order chi connectivity index (χ1) is 10.6. The Bertz CT molecular complexity index is 668. The Morgan fingerprint density at radius 3 is 2.36 bits per heavy atom. The fourth-order valence-electron chi connectivity index (χ4n) is 2.05. The molecule has 0 aliphatic heterocycles. The maximum atomic E-state index is 12.1. The minimum absolute atomic E-state index is 0.0817. The number of nitrogens with one attached hydrogen (secondary N) is 1. The van der Waals surface area contributed by atoms with Gasteiger partial charge in [-0.15, -0.1) is 0 Å². The van der Waals surface area contributed by atoms with Crippen LogP contribution >= 0.6 is 0 Å². The van der Waals surface area contributed by atoms with Crippen molar-refractivity contribution in [1.82, 2.24) is 5.32 Å². The number of carboxylic acid groups (broad SMARTS) is 1. The van der Waals surface area contributed by atoms with E-state index >= 15 is 0 Å². The normalized spacial score (nSPS) is 10.2. The number of methoxy groups -OCH3 is 1. The molecular formula is C17H17NO4. The minimum atomic E-state index is -1.07. The van der Waals surface area contributed by atoms with Crippen molar-refractivity contribution in [2.75, 3.05) is 20.3 Å². The van der Waals surface area contributed by atoms with E-state index in [4.69, 9.17) is 4.74 Å². The van der Waals surface area contributed by atoms with Crippen LogP contribution in [0.25, 0.3) is 11.1 Å². The van der Waals surface area contributed by atoms with Gasteiger partial charge in [-0.3, -0.25) is 4.79 Å². The highest BCUT2D eigenvalue weighted by Crippen LogP contribution is 2.22. The standard InChI is InChI=1S/C17H17NO4/c1-22-8-7-18-16(19)14-9-13(10-15(11-14)17(20)21)12-5-3-2-4-6-12/h2-6,9-11H,7-8H2,1H3,(H,18,19)(H,20,21). The molecule has 1 amide bonds. The van der Waals surface area contributed by atoms with Gasteiger partial charge in [0.1, 0.15) is 0 Å². The van der Waals surface area contributed by atoms with Crippen molar-refractivity contribution < 1.29 is 19.4 Å². The van der Waals surface area contributed by atoms with E-state index in [2.05, 4.69) is 5.32 Å². The molecule has 2 aromatic carbocycles. The summed E-state index contributed by atoms with van der Waals surface area (Å²) in [4.78, 5) is 23.4. The van der Waals surface area contributed by atoms with Gasteiger partial charge in [-0.05, 0) is 29.3 Å². The summed E-state index contributed by atoms with van der Waals surface area (Å²) in [6.07, 6.45) is 0. The maximum absolute atomic E-state index is 12.1. The molecule has 0 unspecified atom stereocenters. The summed E-state index contributed by atoms with van der Waals surface area (Å²) in [6.45, 7) is 0.767. The second-order valence-electron chi connectivity index (χ2n) is 4.72. The van der Waals surface area contributed by atoms with Gasteiger partial charge in [-0.25, -0.2) is 4.79 Å². The number of carbonyl (C=O) groups is 2. The summed E-state index contributed by atoms with van der Waals surface area (Å²) in [5.41, 5.74) is 1.95. The molecule has 0 aromatic heterocycles. The van der Waals surface area contributed by atoms with E-state index in [1.165, 1.54) is 6.07 Å². The van der Waals surface area contributed by atoms with Crippen LogP contribution in [0.1, 0.15) is 20.7 Å². The Kier molecular flexibility index (Phi) is 5.27. The number of benzene rings is 2. The molecular weight excluding hydrogens is 282 g/mol. The third-order valence-corrected chi connectivity index (χ3v) is 3.14. The molecule has 0 radical (unpaired) electrons. The lowest BCUT2D eigenvalue weighted by Crippen LogP contribution is -2.27. The molecule has 5 nitrogen and oxygen atoms in total. The molecule has 2 rings (SSSR count). The van der Waals surface area contributed by atoms with Crippen LogP contribution in [-0.2, 0) is 4.74 Å². The largest absolute Gasteiger partial charge is 0.478 e. The SMILES string of the molecule is COCCNC(=O)c1cc(C(=O)O)cc(-c2ccccc2)c1. The van der Waals surface area contributed by atoms with E-state index in [1.807, 2.05) is 30.3 Å². The quantitative estimate of drug-likeness (QED) is 0.803. The van der Waals surface area contributed by atoms with E-state index in [0.717, 1.165) is 5.56 Å². The number of carbonyl (C=O) groups excluding carboxylic acids is 1. The van der Waals surface area contributed by atoms with E-state index < -0.39 is 5.97 Å². The van der Waals surface area contributed by atoms with Crippen LogP contribution in [0.15, 0.2) is 48.5 Å². The van der Waals surface area contributed by atoms with Crippen LogP contribution in [-0.4, -0.2) is 37.2 Å². The summed E-state index contributed by atoms with van der Waals surface area (Å²) in [7, 11) is 1.55. The van der Waals surface area contributed by atoms with Crippen LogP contribution in [0.3, 0.4) is 0 Å². The molecule has 5 heteroatoms. The summed E-state index contributed by atoms with van der Waals surface area (Å²) < 4.78 is 4.87. The van der Waals surface area contributed by atoms with Crippen LogP contribution in [0.4, 0.5) is 0 Å². The van der Waals surface area contributed by atoms with Crippen LogP contribution in [0.5, 0.6) is 0 Å². The smallest absolute Gasteiger partial charge is 0.335 e. The summed E-state index contributed by atoms with van der Waals surface area (Å²) >= 11 is 0. The Morgan fingerprint density at radius 2 is 1.73 bits per heavy atom. The Labute approximate surface area is 128 Å². The highest BCUT2D eigenvalue weighted by Gasteiger charge is 2.13. The predicted molar refractivity (Wildman–Crippen MR) is 83.0 cm³/mol. The second kappa shape index (κ2) is 7.38. The number of carboxylic acids is 1. The van der Waals surface area contributed by atoms with Gasteiger partial charge < -0.3 is 15.2 Å². The molecule has 22 heavy (non-hydrogen) atoms. The molecule has 2 aromatic rings. The lowest BCUT2D eigenvalue weighted by atomic mass is 9.99. The van der Waals surface area contributed by atoms with Crippen LogP contribution in [0, 0.1) is 0 Å². The Balaban J connectivity index is 2.36.